The number of carbonyl (C=O) groups is 1. The maximum absolute atomic E-state index is 13.9. The molecule has 0 saturated heterocycles. The molecule has 1 atom stereocenters. The van der Waals surface area contributed by atoms with Crippen LogP contribution in [0, 0.1) is 13.8 Å². The molecule has 1 unspecified atom stereocenters. The Morgan fingerprint density at radius 3 is 2.41 bits per heavy atom. The van der Waals surface area contributed by atoms with Gasteiger partial charge in [-0.3, -0.25) is 9.59 Å². The lowest BCUT2D eigenvalue weighted by molar-refractivity contribution is 0.0714. The van der Waals surface area contributed by atoms with Gasteiger partial charge in [0, 0.05) is 6.54 Å². The second-order valence-corrected chi connectivity index (χ2v) is 9.93. The number of carbonyl (C=O) groups excluding carboxylic acids is 1. The first-order valence-electron chi connectivity index (χ1n) is 13.1. The van der Waals surface area contributed by atoms with Gasteiger partial charge in [0.2, 0.25) is 5.76 Å². The third-order valence-corrected chi connectivity index (χ3v) is 7.06. The van der Waals surface area contributed by atoms with Crippen LogP contribution in [-0.2, 0) is 6.54 Å². The van der Waals surface area contributed by atoms with Crippen LogP contribution in [0.1, 0.15) is 77.0 Å². The van der Waals surface area contributed by atoms with Crippen molar-refractivity contribution < 1.29 is 13.9 Å². The first-order chi connectivity index (χ1) is 18.0. The second-order valence-electron chi connectivity index (χ2n) is 9.93. The molecule has 190 valence electrons. The van der Waals surface area contributed by atoms with Crippen molar-refractivity contribution in [3.05, 3.63) is 111 Å². The van der Waals surface area contributed by atoms with E-state index in [0.717, 1.165) is 40.8 Å². The highest BCUT2D eigenvalue weighted by atomic mass is 16.5. The third kappa shape index (κ3) is 4.91. The predicted octanol–water partition coefficient (Wildman–Crippen LogP) is 7.11. The van der Waals surface area contributed by atoms with E-state index in [1.165, 1.54) is 12.8 Å². The highest BCUT2D eigenvalue weighted by Crippen LogP contribution is 2.40. The summed E-state index contributed by atoms with van der Waals surface area (Å²) in [6.07, 6.45) is 4.59. The topological polar surface area (TPSA) is 59.8 Å². The van der Waals surface area contributed by atoms with E-state index in [4.69, 9.17) is 9.15 Å². The smallest absolute Gasteiger partial charge is 0.291 e. The molecule has 0 radical (unpaired) electrons. The van der Waals surface area contributed by atoms with Gasteiger partial charge in [-0.2, -0.15) is 0 Å². The van der Waals surface area contributed by atoms with Gasteiger partial charge in [0.25, 0.3) is 5.91 Å². The van der Waals surface area contributed by atoms with Gasteiger partial charge in [-0.05, 0) is 60.7 Å². The van der Waals surface area contributed by atoms with E-state index in [-0.39, 0.29) is 17.1 Å². The van der Waals surface area contributed by atoms with Gasteiger partial charge in [-0.1, -0.05) is 74.7 Å². The van der Waals surface area contributed by atoms with Crippen molar-refractivity contribution in [1.82, 2.24) is 4.90 Å². The Labute approximate surface area is 217 Å². The summed E-state index contributed by atoms with van der Waals surface area (Å²) in [6, 6.07) is 20.9. The lowest BCUT2D eigenvalue weighted by atomic mass is 9.97. The molecule has 0 saturated carbocycles. The molecule has 5 rings (SSSR count). The van der Waals surface area contributed by atoms with Crippen molar-refractivity contribution in [3.63, 3.8) is 0 Å². The lowest BCUT2D eigenvalue weighted by Gasteiger charge is -2.25. The van der Waals surface area contributed by atoms with Gasteiger partial charge in [-0.15, -0.1) is 0 Å². The molecular weight excluding hydrogens is 462 g/mol. The fourth-order valence-corrected chi connectivity index (χ4v) is 5.23. The maximum atomic E-state index is 13.9. The summed E-state index contributed by atoms with van der Waals surface area (Å²) in [6.45, 7) is 7.11. The third-order valence-electron chi connectivity index (χ3n) is 7.06. The molecule has 5 nitrogen and oxygen atoms in total. The average Bonchev–Trinajstić information content (AvgIpc) is 3.17. The summed E-state index contributed by atoms with van der Waals surface area (Å²) >= 11 is 0. The SMILES string of the molecule is CCCCCCOc1ccc(C2c3c(oc4c(C)cc(C)cc4c3=O)C(=O)N2Cc2ccccc2)cc1. The number of unbranched alkanes of at least 4 members (excludes halogenated alkanes) is 3. The number of hydrogen-bond acceptors (Lipinski definition) is 4. The summed E-state index contributed by atoms with van der Waals surface area (Å²) in [4.78, 5) is 29.3. The first kappa shape index (κ1) is 24.8. The summed E-state index contributed by atoms with van der Waals surface area (Å²) in [7, 11) is 0. The quantitative estimate of drug-likeness (QED) is 0.232. The molecule has 2 heterocycles. The number of hydrogen-bond donors (Lipinski definition) is 0. The number of amides is 1. The zero-order chi connectivity index (χ0) is 25.9. The Morgan fingerprint density at radius 2 is 1.68 bits per heavy atom. The van der Waals surface area contributed by atoms with Crippen molar-refractivity contribution in [3.8, 4) is 5.75 Å². The fraction of sp³-hybridized carbons (Fsp3) is 0.312. The fourth-order valence-electron chi connectivity index (χ4n) is 5.23. The maximum Gasteiger partial charge on any atom is 0.291 e. The van der Waals surface area contributed by atoms with Crippen molar-refractivity contribution in [2.45, 2.75) is 59.0 Å². The van der Waals surface area contributed by atoms with Crippen LogP contribution in [0.15, 0.2) is 75.9 Å². The van der Waals surface area contributed by atoms with Gasteiger partial charge in [0.1, 0.15) is 11.3 Å². The number of fused-ring (bicyclic) bond motifs is 2. The molecule has 37 heavy (non-hydrogen) atoms. The summed E-state index contributed by atoms with van der Waals surface area (Å²) in [5, 5.41) is 0.516. The largest absolute Gasteiger partial charge is 0.494 e. The number of ether oxygens (including phenoxy) is 1. The molecule has 5 heteroatoms. The Kier molecular flexibility index (Phi) is 7.13. The predicted molar refractivity (Wildman–Crippen MR) is 146 cm³/mol. The summed E-state index contributed by atoms with van der Waals surface area (Å²) in [5.41, 5.74) is 4.43. The number of benzene rings is 3. The minimum atomic E-state index is -0.539. The molecule has 1 aliphatic rings. The molecular formula is C32H33NO4. The van der Waals surface area contributed by atoms with Crippen LogP contribution in [0.25, 0.3) is 11.0 Å². The molecule has 0 fully saturated rings. The van der Waals surface area contributed by atoms with Crippen LogP contribution in [0.4, 0.5) is 0 Å². The van der Waals surface area contributed by atoms with Crippen LogP contribution in [-0.4, -0.2) is 17.4 Å². The van der Waals surface area contributed by atoms with Crippen LogP contribution in [0.5, 0.6) is 5.75 Å². The zero-order valence-corrected chi connectivity index (χ0v) is 21.8. The van der Waals surface area contributed by atoms with Gasteiger partial charge in [-0.25, -0.2) is 0 Å². The molecule has 3 aromatic carbocycles. The summed E-state index contributed by atoms with van der Waals surface area (Å²) < 4.78 is 12.1. The molecule has 0 N–H and O–H groups in total. The van der Waals surface area contributed by atoms with Gasteiger partial charge in [0.05, 0.1) is 23.6 Å². The Balaban J connectivity index is 1.55. The average molecular weight is 496 g/mol. The Morgan fingerprint density at radius 1 is 0.919 bits per heavy atom. The minimum Gasteiger partial charge on any atom is -0.494 e. The summed E-state index contributed by atoms with van der Waals surface area (Å²) in [5.74, 6) is 0.664. The van der Waals surface area contributed by atoms with Crippen LogP contribution in [0.3, 0.4) is 0 Å². The highest BCUT2D eigenvalue weighted by molar-refractivity contribution is 5.99. The van der Waals surface area contributed by atoms with Gasteiger partial charge >= 0.3 is 0 Å². The highest BCUT2D eigenvalue weighted by Gasteiger charge is 2.42. The van der Waals surface area contributed by atoms with Crippen LogP contribution in [0.2, 0.25) is 0 Å². The molecule has 4 aromatic rings. The van der Waals surface area contributed by atoms with E-state index in [9.17, 15) is 9.59 Å². The molecule has 0 spiro atoms. The van der Waals surface area contributed by atoms with Crippen molar-refractivity contribution in [2.75, 3.05) is 6.61 Å². The van der Waals surface area contributed by atoms with E-state index in [2.05, 4.69) is 6.92 Å². The van der Waals surface area contributed by atoms with Crippen molar-refractivity contribution in [1.29, 1.82) is 0 Å². The molecule has 1 aliphatic heterocycles. The van der Waals surface area contributed by atoms with E-state index < -0.39 is 6.04 Å². The number of nitrogens with zero attached hydrogens (tertiary/aromatic N) is 1. The van der Waals surface area contributed by atoms with E-state index in [1.807, 2.05) is 80.6 Å². The van der Waals surface area contributed by atoms with Crippen LogP contribution < -0.4 is 10.2 Å². The van der Waals surface area contributed by atoms with E-state index >= 15 is 0 Å². The van der Waals surface area contributed by atoms with Gasteiger partial charge < -0.3 is 14.1 Å². The van der Waals surface area contributed by atoms with Gasteiger partial charge in [0.15, 0.2) is 5.43 Å². The van der Waals surface area contributed by atoms with Crippen molar-refractivity contribution >= 4 is 16.9 Å². The number of aryl methyl sites for hydroxylation is 2. The molecule has 0 aliphatic carbocycles. The van der Waals surface area contributed by atoms with Crippen LogP contribution >= 0.6 is 0 Å². The second kappa shape index (κ2) is 10.6. The minimum absolute atomic E-state index is 0.140. The standard InChI is InChI=1S/C32H33NO4/c1-4-5-6-10-17-36-25-15-13-24(14-16-25)28-27-29(34)26-19-21(2)18-22(3)30(26)37-31(27)32(35)33(28)20-23-11-8-7-9-12-23/h7-9,11-16,18-19,28H,4-6,10,17,20H2,1-3H3. The monoisotopic (exact) mass is 495 g/mol. The Hall–Kier alpha value is -3.86. The van der Waals surface area contributed by atoms with E-state index in [0.29, 0.717) is 29.7 Å². The molecule has 1 aromatic heterocycles. The Bertz CT molecular complexity index is 1470. The number of rotatable bonds is 9. The molecule has 1 amide bonds. The zero-order valence-electron chi connectivity index (χ0n) is 21.8. The molecule has 0 bridgehead atoms. The normalized spacial score (nSPS) is 14.8. The lowest BCUT2D eigenvalue weighted by Crippen LogP contribution is -2.29. The van der Waals surface area contributed by atoms with Crippen molar-refractivity contribution in [2.24, 2.45) is 0 Å². The van der Waals surface area contributed by atoms with E-state index in [1.54, 1.807) is 4.90 Å². The first-order valence-corrected chi connectivity index (χ1v) is 13.1.